The third-order valence-electron chi connectivity index (χ3n) is 2.18. The van der Waals surface area contributed by atoms with E-state index in [9.17, 15) is 9.70 Å². The lowest BCUT2D eigenvalue weighted by Crippen LogP contribution is -2.56. The normalized spacial score (nSPS) is 23.7. The number of hydrogen-bond donors (Lipinski definition) is 1. The van der Waals surface area contributed by atoms with Gasteiger partial charge in [-0.1, -0.05) is 0 Å². The number of carbonyl (C=O) groups excluding carboxylic acids is 1. The SMILES string of the molecule is CN1CCN(N(CC(N)=O)N=O)C(Cl)C1. The number of likely N-dealkylation sites (N-methyl/N-ethyl adjacent to an activating group) is 1. The molecular weight excluding hydrogens is 222 g/mol. The van der Waals surface area contributed by atoms with Crippen LogP contribution in [0.15, 0.2) is 5.29 Å². The predicted molar refractivity (Wildman–Crippen MR) is 55.5 cm³/mol. The van der Waals surface area contributed by atoms with Crippen molar-refractivity contribution in [1.82, 2.24) is 15.0 Å². The molecule has 1 atom stereocenters. The molecule has 1 heterocycles. The molecule has 0 bridgehead atoms. The molecule has 0 spiro atoms. The van der Waals surface area contributed by atoms with Crippen molar-refractivity contribution in [2.24, 2.45) is 11.0 Å². The van der Waals surface area contributed by atoms with Gasteiger partial charge in [-0.3, -0.25) is 4.79 Å². The number of hydrogen-bond acceptors (Lipinski definition) is 5. The highest BCUT2D eigenvalue weighted by Crippen LogP contribution is 2.14. The molecule has 86 valence electrons. The average molecular weight is 236 g/mol. The Balaban J connectivity index is 2.59. The van der Waals surface area contributed by atoms with Crippen LogP contribution in [0.5, 0.6) is 0 Å². The largest absolute Gasteiger partial charge is 0.368 e. The molecule has 0 aromatic rings. The van der Waals surface area contributed by atoms with Gasteiger partial charge in [-0.25, -0.2) is 0 Å². The van der Waals surface area contributed by atoms with Crippen molar-refractivity contribution in [3.05, 3.63) is 4.91 Å². The molecule has 8 heteroatoms. The standard InChI is InChI=1S/C7H14ClN5O2/c1-11-2-3-12(6(8)4-11)13(10-15)5-7(9)14/h6H,2-5H2,1H3,(H2,9,14). The molecule has 1 fully saturated rings. The maximum Gasteiger partial charge on any atom is 0.240 e. The first-order valence-electron chi connectivity index (χ1n) is 4.53. The van der Waals surface area contributed by atoms with E-state index in [1.807, 2.05) is 11.9 Å². The average Bonchev–Trinajstić information content (AvgIpc) is 2.14. The molecule has 0 saturated carbocycles. The maximum atomic E-state index is 10.7. The van der Waals surface area contributed by atoms with Crippen molar-refractivity contribution >= 4 is 17.5 Å². The minimum absolute atomic E-state index is 0.240. The second-order valence-electron chi connectivity index (χ2n) is 3.44. The van der Waals surface area contributed by atoms with Gasteiger partial charge in [-0.2, -0.15) is 10.1 Å². The van der Waals surface area contributed by atoms with Gasteiger partial charge in [0.1, 0.15) is 12.0 Å². The van der Waals surface area contributed by atoms with Crippen LogP contribution in [0.1, 0.15) is 0 Å². The lowest BCUT2D eigenvalue weighted by Gasteiger charge is -2.39. The molecule has 1 aliphatic heterocycles. The van der Waals surface area contributed by atoms with Gasteiger partial charge < -0.3 is 10.6 Å². The number of amides is 1. The Kier molecular flexibility index (Phi) is 4.25. The van der Waals surface area contributed by atoms with E-state index in [-0.39, 0.29) is 12.0 Å². The Morgan fingerprint density at radius 1 is 1.67 bits per heavy atom. The number of rotatable bonds is 4. The van der Waals surface area contributed by atoms with Crippen molar-refractivity contribution in [3.8, 4) is 0 Å². The van der Waals surface area contributed by atoms with Gasteiger partial charge in [0, 0.05) is 19.6 Å². The summed E-state index contributed by atoms with van der Waals surface area (Å²) in [4.78, 5) is 23.2. The van der Waals surface area contributed by atoms with Gasteiger partial charge >= 0.3 is 0 Å². The van der Waals surface area contributed by atoms with Crippen molar-refractivity contribution in [2.75, 3.05) is 33.2 Å². The van der Waals surface area contributed by atoms with Crippen LogP contribution in [0.3, 0.4) is 0 Å². The van der Waals surface area contributed by atoms with Gasteiger partial charge in [-0.15, -0.1) is 16.5 Å². The van der Waals surface area contributed by atoms with E-state index < -0.39 is 5.91 Å². The highest BCUT2D eigenvalue weighted by atomic mass is 35.5. The highest BCUT2D eigenvalue weighted by Gasteiger charge is 2.29. The quantitative estimate of drug-likeness (QED) is 0.298. The molecule has 1 saturated heterocycles. The number of nitroso groups, excluding NO2 is 1. The second kappa shape index (κ2) is 5.24. The summed E-state index contributed by atoms with van der Waals surface area (Å²) in [5.74, 6) is -0.614. The number of nitrogens with zero attached hydrogens (tertiary/aromatic N) is 4. The molecule has 0 aromatic heterocycles. The Morgan fingerprint density at radius 3 is 2.80 bits per heavy atom. The van der Waals surface area contributed by atoms with E-state index in [1.165, 1.54) is 0 Å². The number of alkyl halides is 1. The number of carbonyl (C=O) groups is 1. The summed E-state index contributed by atoms with van der Waals surface area (Å²) in [7, 11) is 1.93. The topological polar surface area (TPSA) is 82.2 Å². The molecule has 1 rings (SSSR count). The molecule has 1 amide bonds. The summed E-state index contributed by atoms with van der Waals surface area (Å²) >= 11 is 6.03. The van der Waals surface area contributed by atoms with Crippen LogP contribution in [-0.2, 0) is 4.79 Å². The number of hydrazine groups is 1. The fourth-order valence-electron chi connectivity index (χ4n) is 1.42. The van der Waals surface area contributed by atoms with Crippen LogP contribution in [0, 0.1) is 4.91 Å². The van der Waals surface area contributed by atoms with Gasteiger partial charge in [0.05, 0.1) is 5.29 Å². The van der Waals surface area contributed by atoms with E-state index in [0.717, 1.165) is 11.7 Å². The molecule has 0 aliphatic carbocycles. The molecule has 1 aliphatic rings. The number of piperazine rings is 1. The van der Waals surface area contributed by atoms with Crippen molar-refractivity contribution in [2.45, 2.75) is 5.50 Å². The third-order valence-corrected chi connectivity index (χ3v) is 2.55. The summed E-state index contributed by atoms with van der Waals surface area (Å²) in [5.41, 5.74) is 4.61. The molecule has 7 nitrogen and oxygen atoms in total. The summed E-state index contributed by atoms with van der Waals surface area (Å²) in [6, 6.07) is 0. The second-order valence-corrected chi connectivity index (χ2v) is 3.94. The van der Waals surface area contributed by atoms with Crippen molar-refractivity contribution in [3.63, 3.8) is 0 Å². The van der Waals surface area contributed by atoms with Gasteiger partial charge in [0.2, 0.25) is 5.91 Å². The zero-order valence-corrected chi connectivity index (χ0v) is 9.22. The molecule has 0 radical (unpaired) electrons. The van der Waals surface area contributed by atoms with Gasteiger partial charge in [0.15, 0.2) is 0 Å². The number of nitrogens with two attached hydrogens (primary N) is 1. The van der Waals surface area contributed by atoms with Crippen LogP contribution >= 0.6 is 11.6 Å². The van der Waals surface area contributed by atoms with Crippen LogP contribution in [0.2, 0.25) is 0 Å². The van der Waals surface area contributed by atoms with Crippen LogP contribution in [0.4, 0.5) is 0 Å². The lowest BCUT2D eigenvalue weighted by atomic mass is 10.4. The van der Waals surface area contributed by atoms with E-state index in [2.05, 4.69) is 5.29 Å². The lowest BCUT2D eigenvalue weighted by molar-refractivity contribution is -0.128. The molecular formula is C7H14ClN5O2. The van der Waals surface area contributed by atoms with Gasteiger partial charge in [0.25, 0.3) is 0 Å². The predicted octanol–water partition coefficient (Wildman–Crippen LogP) is -0.818. The Hall–Kier alpha value is -0.920. The first-order chi connectivity index (χ1) is 7.04. The number of halogens is 1. The van der Waals surface area contributed by atoms with Gasteiger partial charge in [-0.05, 0) is 7.05 Å². The van der Waals surface area contributed by atoms with E-state index in [4.69, 9.17) is 17.3 Å². The van der Waals surface area contributed by atoms with Crippen LogP contribution in [-0.4, -0.2) is 59.7 Å². The molecule has 15 heavy (non-hydrogen) atoms. The van der Waals surface area contributed by atoms with Crippen LogP contribution in [0.25, 0.3) is 0 Å². The summed E-state index contributed by atoms with van der Waals surface area (Å²) in [6.07, 6.45) is 0. The van der Waals surface area contributed by atoms with E-state index >= 15 is 0 Å². The van der Waals surface area contributed by atoms with Crippen molar-refractivity contribution in [1.29, 1.82) is 0 Å². The molecule has 2 N–H and O–H groups in total. The maximum absolute atomic E-state index is 10.7. The smallest absolute Gasteiger partial charge is 0.240 e. The fourth-order valence-corrected chi connectivity index (χ4v) is 1.86. The zero-order chi connectivity index (χ0) is 11.4. The van der Waals surface area contributed by atoms with E-state index in [0.29, 0.717) is 13.1 Å². The fraction of sp³-hybridized carbons (Fsp3) is 0.857. The Morgan fingerprint density at radius 2 is 2.33 bits per heavy atom. The summed E-state index contributed by atoms with van der Waals surface area (Å²) in [5, 5.41) is 5.25. The third kappa shape index (κ3) is 3.29. The molecule has 0 aromatic carbocycles. The summed E-state index contributed by atoms with van der Waals surface area (Å²) < 4.78 is 0. The monoisotopic (exact) mass is 235 g/mol. The highest BCUT2D eigenvalue weighted by molar-refractivity contribution is 6.20. The Labute approximate surface area is 92.6 Å². The van der Waals surface area contributed by atoms with Crippen LogP contribution < -0.4 is 5.73 Å². The minimum Gasteiger partial charge on any atom is -0.368 e. The minimum atomic E-state index is -0.614. The molecule has 1 unspecified atom stereocenters. The van der Waals surface area contributed by atoms with Crippen molar-refractivity contribution < 1.29 is 4.79 Å². The first-order valence-corrected chi connectivity index (χ1v) is 4.96. The Bertz CT molecular complexity index is 252. The first kappa shape index (κ1) is 12.2. The van der Waals surface area contributed by atoms with E-state index in [1.54, 1.807) is 5.01 Å². The summed E-state index contributed by atoms with van der Waals surface area (Å²) in [6.45, 7) is 1.67. The zero-order valence-electron chi connectivity index (χ0n) is 8.47. The number of primary amides is 1.